The van der Waals surface area contributed by atoms with Gasteiger partial charge >= 0.3 is 0 Å². The number of fused-ring (bicyclic) bond motifs is 1. The van der Waals surface area contributed by atoms with E-state index in [0.717, 1.165) is 39.9 Å². The molecule has 2 aromatic heterocycles. The number of hydrogen-bond donors (Lipinski definition) is 0. The van der Waals surface area contributed by atoms with Crippen molar-refractivity contribution in [2.24, 2.45) is 0 Å². The molecule has 138 valence electrons. The second kappa shape index (κ2) is 7.46. The van der Waals surface area contributed by atoms with E-state index >= 15 is 0 Å². The Bertz CT molecular complexity index is 956. The third-order valence-electron chi connectivity index (χ3n) is 4.36. The van der Waals surface area contributed by atoms with Crippen LogP contribution in [-0.2, 0) is 4.79 Å². The van der Waals surface area contributed by atoms with Crippen molar-refractivity contribution in [1.29, 1.82) is 0 Å². The summed E-state index contributed by atoms with van der Waals surface area (Å²) < 4.78 is 5.61. The monoisotopic (exact) mass is 380 g/mol. The fourth-order valence-electron chi connectivity index (χ4n) is 2.92. The second-order valence-electron chi connectivity index (χ2n) is 6.57. The van der Waals surface area contributed by atoms with E-state index in [1.54, 1.807) is 22.4 Å². The van der Waals surface area contributed by atoms with Gasteiger partial charge in [0.05, 0.1) is 17.1 Å². The predicted molar refractivity (Wildman–Crippen MR) is 107 cm³/mol. The van der Waals surface area contributed by atoms with Crippen LogP contribution in [0, 0.1) is 0 Å². The van der Waals surface area contributed by atoms with E-state index < -0.39 is 0 Å². The first-order valence-corrected chi connectivity index (χ1v) is 9.59. The summed E-state index contributed by atoms with van der Waals surface area (Å²) in [5.41, 5.74) is 3.49. The SMILES string of the molecule is CN(C)CCN1C(=O)COc2ccc(-c3csc(-c4ccccn4)n3)cc21. The maximum absolute atomic E-state index is 12.4. The molecule has 1 aliphatic heterocycles. The Balaban J connectivity index is 1.66. The number of thiazole rings is 1. The first kappa shape index (κ1) is 17.6. The molecule has 27 heavy (non-hydrogen) atoms. The van der Waals surface area contributed by atoms with Crippen LogP contribution in [0.1, 0.15) is 0 Å². The van der Waals surface area contributed by atoms with Crippen LogP contribution in [0.5, 0.6) is 5.75 Å². The Morgan fingerprint density at radius 2 is 2.11 bits per heavy atom. The molecule has 4 rings (SSSR count). The summed E-state index contributed by atoms with van der Waals surface area (Å²) in [6, 6.07) is 11.7. The molecule has 0 saturated carbocycles. The minimum atomic E-state index is -0.0195. The molecule has 0 fully saturated rings. The molecule has 0 atom stereocenters. The van der Waals surface area contributed by atoms with Gasteiger partial charge in [0.25, 0.3) is 5.91 Å². The minimum absolute atomic E-state index is 0.0195. The zero-order chi connectivity index (χ0) is 18.8. The predicted octanol–water partition coefficient (Wildman–Crippen LogP) is 3.16. The maximum Gasteiger partial charge on any atom is 0.265 e. The van der Waals surface area contributed by atoms with Gasteiger partial charge in [-0.3, -0.25) is 9.78 Å². The molecule has 1 aliphatic rings. The summed E-state index contributed by atoms with van der Waals surface area (Å²) in [4.78, 5) is 25.3. The number of anilines is 1. The van der Waals surface area contributed by atoms with E-state index in [9.17, 15) is 4.79 Å². The molecule has 3 heterocycles. The summed E-state index contributed by atoms with van der Waals surface area (Å²) in [6.07, 6.45) is 1.76. The lowest BCUT2D eigenvalue weighted by Crippen LogP contribution is -2.42. The number of hydrogen-bond acceptors (Lipinski definition) is 6. The first-order valence-electron chi connectivity index (χ1n) is 8.71. The molecule has 1 aromatic carbocycles. The molecule has 7 heteroatoms. The minimum Gasteiger partial charge on any atom is -0.482 e. The van der Waals surface area contributed by atoms with Crippen LogP contribution in [-0.4, -0.2) is 54.6 Å². The van der Waals surface area contributed by atoms with Gasteiger partial charge in [0.15, 0.2) is 6.61 Å². The summed E-state index contributed by atoms with van der Waals surface area (Å²) in [7, 11) is 3.99. The largest absolute Gasteiger partial charge is 0.482 e. The van der Waals surface area contributed by atoms with E-state index in [-0.39, 0.29) is 12.5 Å². The fourth-order valence-corrected chi connectivity index (χ4v) is 3.72. The zero-order valence-electron chi connectivity index (χ0n) is 15.3. The molecule has 0 N–H and O–H groups in total. The number of ether oxygens (including phenoxy) is 1. The smallest absolute Gasteiger partial charge is 0.265 e. The third kappa shape index (κ3) is 3.70. The van der Waals surface area contributed by atoms with Crippen LogP contribution in [0.25, 0.3) is 22.0 Å². The number of nitrogens with zero attached hydrogens (tertiary/aromatic N) is 4. The number of carbonyl (C=O) groups is 1. The number of aromatic nitrogens is 2. The molecule has 1 amide bonds. The van der Waals surface area contributed by atoms with Gasteiger partial charge in [-0.05, 0) is 44.4 Å². The molecule has 6 nitrogen and oxygen atoms in total. The van der Waals surface area contributed by atoms with Crippen molar-refractivity contribution in [3.63, 3.8) is 0 Å². The molecular weight excluding hydrogens is 360 g/mol. The molecule has 0 bridgehead atoms. The van der Waals surface area contributed by atoms with Gasteiger partial charge in [-0.15, -0.1) is 11.3 Å². The topological polar surface area (TPSA) is 58.6 Å². The molecule has 0 spiro atoms. The summed E-state index contributed by atoms with van der Waals surface area (Å²) in [6.45, 7) is 1.50. The average molecular weight is 380 g/mol. The molecule has 3 aromatic rings. The normalized spacial score (nSPS) is 13.6. The van der Waals surface area contributed by atoms with Gasteiger partial charge in [0.2, 0.25) is 0 Å². The third-order valence-corrected chi connectivity index (χ3v) is 5.22. The van der Waals surface area contributed by atoms with Crippen molar-refractivity contribution >= 4 is 22.9 Å². The van der Waals surface area contributed by atoms with E-state index in [1.807, 2.05) is 55.9 Å². The number of benzene rings is 1. The van der Waals surface area contributed by atoms with Crippen LogP contribution in [0.3, 0.4) is 0 Å². The molecule has 0 unspecified atom stereocenters. The standard InChI is InChI=1S/C20H20N4O2S/c1-23(2)9-10-24-17-11-14(6-7-18(17)26-12-19(24)25)16-13-27-20(22-16)15-5-3-4-8-21-15/h3-8,11,13H,9-10,12H2,1-2H3. The Kier molecular flexibility index (Phi) is 4.87. The molecular formula is C20H20N4O2S. The Morgan fingerprint density at radius 1 is 1.22 bits per heavy atom. The highest BCUT2D eigenvalue weighted by Gasteiger charge is 2.26. The Hall–Kier alpha value is -2.77. The lowest BCUT2D eigenvalue weighted by Gasteiger charge is -2.30. The van der Waals surface area contributed by atoms with Gasteiger partial charge in [0, 0.05) is 30.2 Å². The summed E-state index contributed by atoms with van der Waals surface area (Å²) >= 11 is 1.56. The van der Waals surface area contributed by atoms with E-state index in [2.05, 4.69) is 9.88 Å². The lowest BCUT2D eigenvalue weighted by molar-refractivity contribution is -0.121. The molecule has 0 radical (unpaired) electrons. The Labute approximate surface area is 162 Å². The number of pyridine rings is 1. The van der Waals surface area contributed by atoms with E-state index in [1.165, 1.54) is 0 Å². The van der Waals surface area contributed by atoms with Gasteiger partial charge in [-0.1, -0.05) is 6.07 Å². The quantitative estimate of drug-likeness (QED) is 0.681. The van der Waals surface area contributed by atoms with Crippen LogP contribution in [0.2, 0.25) is 0 Å². The number of amides is 1. The van der Waals surface area contributed by atoms with Crippen molar-refractivity contribution in [2.75, 3.05) is 38.7 Å². The van der Waals surface area contributed by atoms with Gasteiger partial charge in [-0.2, -0.15) is 0 Å². The number of rotatable bonds is 5. The van der Waals surface area contributed by atoms with Crippen molar-refractivity contribution in [3.05, 3.63) is 48.0 Å². The number of carbonyl (C=O) groups excluding carboxylic acids is 1. The van der Waals surface area contributed by atoms with Crippen LogP contribution in [0.15, 0.2) is 48.0 Å². The van der Waals surface area contributed by atoms with Crippen LogP contribution in [0.4, 0.5) is 5.69 Å². The van der Waals surface area contributed by atoms with E-state index in [4.69, 9.17) is 9.72 Å². The Morgan fingerprint density at radius 3 is 2.89 bits per heavy atom. The van der Waals surface area contributed by atoms with Crippen molar-refractivity contribution < 1.29 is 9.53 Å². The van der Waals surface area contributed by atoms with Crippen LogP contribution < -0.4 is 9.64 Å². The average Bonchev–Trinajstić information content (AvgIpc) is 3.17. The first-order chi connectivity index (χ1) is 13.1. The zero-order valence-corrected chi connectivity index (χ0v) is 16.1. The van der Waals surface area contributed by atoms with E-state index in [0.29, 0.717) is 6.54 Å². The highest BCUT2D eigenvalue weighted by Crippen LogP contribution is 2.37. The van der Waals surface area contributed by atoms with Crippen molar-refractivity contribution in [1.82, 2.24) is 14.9 Å². The molecule has 0 aliphatic carbocycles. The summed E-state index contributed by atoms with van der Waals surface area (Å²) in [5, 5.41) is 2.89. The highest BCUT2D eigenvalue weighted by atomic mass is 32.1. The van der Waals surface area contributed by atoms with Crippen molar-refractivity contribution in [2.45, 2.75) is 0 Å². The number of likely N-dealkylation sites (N-methyl/N-ethyl adjacent to an activating group) is 1. The lowest BCUT2D eigenvalue weighted by atomic mass is 10.1. The second-order valence-corrected chi connectivity index (χ2v) is 7.43. The highest BCUT2D eigenvalue weighted by molar-refractivity contribution is 7.13. The van der Waals surface area contributed by atoms with Crippen LogP contribution >= 0.6 is 11.3 Å². The summed E-state index contributed by atoms with van der Waals surface area (Å²) in [5.74, 6) is 0.714. The van der Waals surface area contributed by atoms with Crippen molar-refractivity contribution in [3.8, 4) is 27.7 Å². The van der Waals surface area contributed by atoms with Gasteiger partial charge < -0.3 is 14.5 Å². The van der Waals surface area contributed by atoms with Gasteiger partial charge in [0.1, 0.15) is 10.8 Å². The fraction of sp³-hybridized carbons (Fsp3) is 0.250. The van der Waals surface area contributed by atoms with Gasteiger partial charge in [-0.25, -0.2) is 4.98 Å². The maximum atomic E-state index is 12.4. The molecule has 0 saturated heterocycles.